The Hall–Kier alpha value is -1.09. The van der Waals surface area contributed by atoms with Gasteiger partial charge in [0.1, 0.15) is 5.82 Å². The minimum absolute atomic E-state index is 0.159. The van der Waals surface area contributed by atoms with Gasteiger partial charge < -0.3 is 10.6 Å². The molecule has 2 N–H and O–H groups in total. The summed E-state index contributed by atoms with van der Waals surface area (Å²) in [5, 5.41) is 0. The molecule has 96 valence electrons. The van der Waals surface area contributed by atoms with E-state index >= 15 is 0 Å². The Labute approximate surface area is 104 Å². The maximum Gasteiger partial charge on any atom is 0.128 e. The molecule has 0 unspecified atom stereocenters. The maximum atomic E-state index is 13.7. The molecule has 0 saturated carbocycles. The summed E-state index contributed by atoms with van der Waals surface area (Å²) in [7, 11) is 2.00. The summed E-state index contributed by atoms with van der Waals surface area (Å²) in [4.78, 5) is 2.11. The van der Waals surface area contributed by atoms with Gasteiger partial charge in [-0.25, -0.2) is 4.39 Å². The lowest BCUT2D eigenvalue weighted by Crippen LogP contribution is -2.30. The van der Waals surface area contributed by atoms with E-state index in [0.29, 0.717) is 13.0 Å². The first-order valence-corrected chi connectivity index (χ1v) is 6.04. The third-order valence-electron chi connectivity index (χ3n) is 2.61. The van der Waals surface area contributed by atoms with Gasteiger partial charge in [0.15, 0.2) is 0 Å². The third kappa shape index (κ3) is 4.00. The van der Waals surface area contributed by atoms with E-state index in [2.05, 4.69) is 25.7 Å². The van der Waals surface area contributed by atoms with Crippen molar-refractivity contribution in [1.82, 2.24) is 0 Å². The lowest BCUT2D eigenvalue weighted by Gasteiger charge is -2.30. The van der Waals surface area contributed by atoms with E-state index in [9.17, 15) is 4.39 Å². The zero-order valence-electron chi connectivity index (χ0n) is 11.3. The molecule has 0 aliphatic rings. The number of benzene rings is 1. The Morgan fingerprint density at radius 1 is 1.29 bits per heavy atom. The molecule has 2 nitrogen and oxygen atoms in total. The number of hydrogen-bond acceptors (Lipinski definition) is 2. The van der Waals surface area contributed by atoms with Gasteiger partial charge in [-0.15, -0.1) is 0 Å². The Kier molecular flexibility index (Phi) is 4.52. The monoisotopic (exact) mass is 238 g/mol. The van der Waals surface area contributed by atoms with Crippen LogP contribution in [0.2, 0.25) is 0 Å². The first kappa shape index (κ1) is 14.0. The number of hydrogen-bond donors (Lipinski definition) is 1. The molecule has 0 amide bonds. The molecule has 17 heavy (non-hydrogen) atoms. The Morgan fingerprint density at radius 3 is 2.47 bits per heavy atom. The van der Waals surface area contributed by atoms with Crippen molar-refractivity contribution in [2.75, 3.05) is 25.0 Å². The largest absolute Gasteiger partial charge is 0.374 e. The normalized spacial score (nSPS) is 11.6. The highest BCUT2D eigenvalue weighted by Crippen LogP contribution is 2.25. The van der Waals surface area contributed by atoms with Gasteiger partial charge in [-0.2, -0.15) is 0 Å². The van der Waals surface area contributed by atoms with Crippen molar-refractivity contribution in [2.45, 2.75) is 27.2 Å². The van der Waals surface area contributed by atoms with Gasteiger partial charge in [0, 0.05) is 24.8 Å². The number of nitrogens with zero attached hydrogens (tertiary/aromatic N) is 1. The molecule has 0 fully saturated rings. The summed E-state index contributed by atoms with van der Waals surface area (Å²) in [5.74, 6) is -0.159. The molecule has 0 saturated heterocycles. The second-order valence-corrected chi connectivity index (χ2v) is 5.69. The summed E-state index contributed by atoms with van der Waals surface area (Å²) in [6, 6.07) is 5.21. The predicted molar refractivity (Wildman–Crippen MR) is 71.9 cm³/mol. The van der Waals surface area contributed by atoms with Crippen LogP contribution in [0.3, 0.4) is 0 Å². The van der Waals surface area contributed by atoms with Crippen molar-refractivity contribution < 1.29 is 4.39 Å². The highest BCUT2D eigenvalue weighted by atomic mass is 19.1. The predicted octanol–water partition coefficient (Wildman–Crippen LogP) is 2.81. The fraction of sp³-hybridized carbons (Fsp3) is 0.571. The molecule has 0 heterocycles. The molecule has 0 aromatic heterocycles. The average molecular weight is 238 g/mol. The molecule has 1 aromatic carbocycles. The molecule has 0 spiro atoms. The fourth-order valence-electron chi connectivity index (χ4n) is 2.09. The van der Waals surface area contributed by atoms with Gasteiger partial charge >= 0.3 is 0 Å². The molecular weight excluding hydrogens is 215 g/mol. The van der Waals surface area contributed by atoms with Crippen molar-refractivity contribution in [2.24, 2.45) is 11.1 Å². The van der Waals surface area contributed by atoms with E-state index in [1.165, 1.54) is 6.07 Å². The van der Waals surface area contributed by atoms with Gasteiger partial charge in [-0.05, 0) is 30.5 Å². The Bertz CT molecular complexity index is 369. The van der Waals surface area contributed by atoms with Crippen LogP contribution in [0.15, 0.2) is 18.2 Å². The van der Waals surface area contributed by atoms with Crippen LogP contribution in [0.1, 0.15) is 26.3 Å². The highest BCUT2D eigenvalue weighted by molar-refractivity contribution is 5.54. The van der Waals surface area contributed by atoms with E-state index < -0.39 is 0 Å². The van der Waals surface area contributed by atoms with Gasteiger partial charge in [0.2, 0.25) is 0 Å². The molecule has 0 aliphatic carbocycles. The number of nitrogens with two attached hydrogens (primary N) is 1. The van der Waals surface area contributed by atoms with Crippen molar-refractivity contribution in [3.8, 4) is 0 Å². The maximum absolute atomic E-state index is 13.7. The number of halogens is 1. The second kappa shape index (κ2) is 5.50. The fourth-order valence-corrected chi connectivity index (χ4v) is 2.09. The standard InChI is InChI=1S/C14H23FN2/c1-14(2,3)10-17(4)13-7-5-6-12(15)11(13)8-9-16/h5-7H,8-10,16H2,1-4H3. The molecule has 0 aliphatic heterocycles. The summed E-state index contributed by atoms with van der Waals surface area (Å²) in [5.41, 5.74) is 7.40. The zero-order valence-corrected chi connectivity index (χ0v) is 11.3. The third-order valence-corrected chi connectivity index (χ3v) is 2.61. The van der Waals surface area contributed by atoms with Gasteiger partial charge in [0.05, 0.1) is 0 Å². The lowest BCUT2D eigenvalue weighted by atomic mass is 9.95. The topological polar surface area (TPSA) is 29.3 Å². The van der Waals surface area contributed by atoms with Crippen LogP contribution in [0.4, 0.5) is 10.1 Å². The van der Waals surface area contributed by atoms with E-state index in [0.717, 1.165) is 17.8 Å². The van der Waals surface area contributed by atoms with Crippen molar-refractivity contribution >= 4 is 5.69 Å². The van der Waals surface area contributed by atoms with Crippen LogP contribution < -0.4 is 10.6 Å². The Morgan fingerprint density at radius 2 is 1.94 bits per heavy atom. The average Bonchev–Trinajstić information content (AvgIpc) is 2.18. The summed E-state index contributed by atoms with van der Waals surface area (Å²) < 4.78 is 13.7. The van der Waals surface area contributed by atoms with E-state index in [4.69, 9.17) is 5.73 Å². The minimum atomic E-state index is -0.159. The molecule has 1 rings (SSSR count). The molecule has 1 aromatic rings. The highest BCUT2D eigenvalue weighted by Gasteiger charge is 2.17. The van der Waals surface area contributed by atoms with Crippen molar-refractivity contribution in [3.63, 3.8) is 0 Å². The smallest absolute Gasteiger partial charge is 0.128 e. The van der Waals surface area contributed by atoms with Crippen LogP contribution in [-0.2, 0) is 6.42 Å². The molecular formula is C14H23FN2. The first-order valence-electron chi connectivity index (χ1n) is 6.04. The second-order valence-electron chi connectivity index (χ2n) is 5.69. The SMILES string of the molecule is CN(CC(C)(C)C)c1cccc(F)c1CCN. The first-order chi connectivity index (χ1) is 7.85. The molecule has 0 radical (unpaired) electrons. The minimum Gasteiger partial charge on any atom is -0.374 e. The summed E-state index contributed by atoms with van der Waals surface area (Å²) in [6.45, 7) is 7.87. The van der Waals surface area contributed by atoms with Crippen LogP contribution in [0.5, 0.6) is 0 Å². The van der Waals surface area contributed by atoms with Crippen molar-refractivity contribution in [1.29, 1.82) is 0 Å². The molecule has 3 heteroatoms. The summed E-state index contributed by atoms with van der Waals surface area (Å²) in [6.07, 6.45) is 0.580. The number of rotatable bonds is 4. The number of anilines is 1. The van der Waals surface area contributed by atoms with E-state index in [1.807, 2.05) is 13.1 Å². The lowest BCUT2D eigenvalue weighted by molar-refractivity contribution is 0.418. The molecule has 0 atom stereocenters. The summed E-state index contributed by atoms with van der Waals surface area (Å²) >= 11 is 0. The molecule has 0 bridgehead atoms. The Balaban J connectivity index is 3.00. The van der Waals surface area contributed by atoms with Crippen LogP contribution in [0.25, 0.3) is 0 Å². The van der Waals surface area contributed by atoms with Crippen LogP contribution in [0, 0.1) is 11.2 Å². The quantitative estimate of drug-likeness (QED) is 0.874. The van der Waals surface area contributed by atoms with Crippen LogP contribution >= 0.6 is 0 Å². The van der Waals surface area contributed by atoms with Gasteiger partial charge in [0.25, 0.3) is 0 Å². The zero-order chi connectivity index (χ0) is 13.1. The van der Waals surface area contributed by atoms with Crippen LogP contribution in [-0.4, -0.2) is 20.1 Å². The van der Waals surface area contributed by atoms with Gasteiger partial charge in [-0.3, -0.25) is 0 Å². The van der Waals surface area contributed by atoms with E-state index in [1.54, 1.807) is 6.07 Å². The van der Waals surface area contributed by atoms with E-state index in [-0.39, 0.29) is 11.2 Å². The van der Waals surface area contributed by atoms with Crippen molar-refractivity contribution in [3.05, 3.63) is 29.6 Å². The van der Waals surface area contributed by atoms with Gasteiger partial charge in [-0.1, -0.05) is 26.8 Å².